The average molecular weight is 557 g/mol. The van der Waals surface area contributed by atoms with Crippen molar-refractivity contribution in [3.05, 3.63) is 72.1 Å². The number of rotatable bonds is 11. The van der Waals surface area contributed by atoms with Gasteiger partial charge in [-0.15, -0.1) is 0 Å². The topological polar surface area (TPSA) is 135 Å². The smallest absolute Gasteiger partial charge is 0.290 e. The van der Waals surface area contributed by atoms with Gasteiger partial charge in [0.15, 0.2) is 5.78 Å². The zero-order valence-corrected chi connectivity index (χ0v) is 23.7. The van der Waals surface area contributed by atoms with Gasteiger partial charge in [-0.05, 0) is 64.2 Å². The van der Waals surface area contributed by atoms with Crippen LogP contribution in [0, 0.1) is 11.8 Å². The van der Waals surface area contributed by atoms with Gasteiger partial charge in [0.1, 0.15) is 11.5 Å². The van der Waals surface area contributed by atoms with Gasteiger partial charge in [-0.3, -0.25) is 29.0 Å². The second kappa shape index (κ2) is 12.9. The minimum atomic E-state index is -1.19. The summed E-state index contributed by atoms with van der Waals surface area (Å²) in [5, 5.41) is 5.40. The molecule has 0 aliphatic heterocycles. The molecule has 41 heavy (non-hydrogen) atoms. The molecule has 1 aliphatic rings. The predicted octanol–water partition coefficient (Wildman–Crippen LogP) is 3.79. The number of para-hydroxylation sites is 2. The van der Waals surface area contributed by atoms with Crippen molar-refractivity contribution < 1.29 is 24.0 Å². The van der Waals surface area contributed by atoms with E-state index in [-0.39, 0.29) is 36.5 Å². The Balaban J connectivity index is 1.58. The summed E-state index contributed by atoms with van der Waals surface area (Å²) in [6.07, 6.45) is 3.24. The van der Waals surface area contributed by atoms with Crippen LogP contribution in [0.3, 0.4) is 0 Å². The third kappa shape index (κ3) is 8.13. The molecule has 4 rings (SSSR count). The van der Waals surface area contributed by atoms with E-state index in [0.717, 1.165) is 5.56 Å². The van der Waals surface area contributed by atoms with Crippen LogP contribution in [0.4, 0.5) is 0 Å². The summed E-state index contributed by atoms with van der Waals surface area (Å²) in [6.45, 7) is 5.26. The molecule has 2 N–H and O–H groups in total. The number of carbonyl (C=O) groups is 5. The second-order valence-electron chi connectivity index (χ2n) is 11.7. The minimum Gasteiger partial charge on any atom is -0.345 e. The van der Waals surface area contributed by atoms with E-state index in [1.807, 2.05) is 36.4 Å². The van der Waals surface area contributed by atoms with Gasteiger partial charge in [0.2, 0.25) is 11.7 Å². The summed E-state index contributed by atoms with van der Waals surface area (Å²) in [5.74, 6) is -3.76. The van der Waals surface area contributed by atoms with E-state index in [1.54, 1.807) is 39.0 Å². The minimum absolute atomic E-state index is 0.0270. The molecule has 0 bridgehead atoms. The highest BCUT2D eigenvalue weighted by molar-refractivity contribution is 6.38. The summed E-state index contributed by atoms with van der Waals surface area (Å²) in [5.41, 5.74) is 1.54. The van der Waals surface area contributed by atoms with E-state index in [9.17, 15) is 24.0 Å². The number of nitrogens with one attached hydrogen (secondary N) is 2. The number of benzene rings is 2. The van der Waals surface area contributed by atoms with E-state index >= 15 is 0 Å². The average Bonchev–Trinajstić information content (AvgIpc) is 3.35. The van der Waals surface area contributed by atoms with Crippen molar-refractivity contribution in [1.82, 2.24) is 20.6 Å². The standard InChI is InChI=1S/C32H36N4O5/c1-32(2,3)36-31(41)29(39)25(17-21-12-9-15-27(21)37)35-30(40)22(16-20-10-5-4-6-11-20)18-28(38)26-19-33-23-13-7-8-14-24(23)34-26/h4-8,10-11,13-14,19,21-22,25H,9,12,15-18H2,1-3H3,(H,35,40)(H,36,41)/t21-,22+,25-/m0/s1. The third-order valence-electron chi connectivity index (χ3n) is 7.16. The van der Waals surface area contributed by atoms with Gasteiger partial charge in [-0.1, -0.05) is 42.5 Å². The maximum absolute atomic E-state index is 13.7. The van der Waals surface area contributed by atoms with E-state index in [4.69, 9.17) is 0 Å². The molecule has 2 aromatic carbocycles. The summed E-state index contributed by atoms with van der Waals surface area (Å²) in [6, 6.07) is 15.3. The van der Waals surface area contributed by atoms with Crippen LogP contribution in [0.1, 0.15) is 68.9 Å². The van der Waals surface area contributed by atoms with Crippen LogP contribution in [-0.4, -0.2) is 50.7 Å². The first-order chi connectivity index (χ1) is 19.5. The number of ketones is 3. The quantitative estimate of drug-likeness (QED) is 0.271. The highest BCUT2D eigenvalue weighted by atomic mass is 16.2. The van der Waals surface area contributed by atoms with Gasteiger partial charge in [-0.25, -0.2) is 4.98 Å². The number of Topliss-reactive ketones (excluding diaryl/α,β-unsaturated/α-hetero) is 3. The monoisotopic (exact) mass is 556 g/mol. The van der Waals surface area contributed by atoms with E-state index in [2.05, 4.69) is 20.6 Å². The number of fused-ring (bicyclic) bond motifs is 1. The van der Waals surface area contributed by atoms with Crippen molar-refractivity contribution in [3.63, 3.8) is 0 Å². The first-order valence-corrected chi connectivity index (χ1v) is 14.0. The van der Waals surface area contributed by atoms with Gasteiger partial charge in [0.05, 0.1) is 23.3 Å². The Labute approximate surface area is 239 Å². The zero-order valence-electron chi connectivity index (χ0n) is 23.7. The Kier molecular flexibility index (Phi) is 9.37. The van der Waals surface area contributed by atoms with E-state index < -0.39 is 41.0 Å². The SMILES string of the molecule is CC(C)(C)NC(=O)C(=O)[C@H](C[C@@H]1CCCC1=O)NC(=O)[C@@H](CC(=O)c1cnc2ccccc2n1)Cc1ccccc1. The number of carbonyl (C=O) groups excluding carboxylic acids is 5. The Morgan fingerprint density at radius 2 is 1.66 bits per heavy atom. The molecule has 214 valence electrons. The maximum atomic E-state index is 13.7. The van der Waals surface area contributed by atoms with E-state index in [1.165, 1.54) is 6.20 Å². The van der Waals surface area contributed by atoms with Crippen LogP contribution >= 0.6 is 0 Å². The van der Waals surface area contributed by atoms with Gasteiger partial charge < -0.3 is 10.6 Å². The normalized spacial score (nSPS) is 16.7. The first-order valence-electron chi connectivity index (χ1n) is 14.0. The molecule has 3 aromatic rings. The highest BCUT2D eigenvalue weighted by Gasteiger charge is 2.36. The Bertz CT molecular complexity index is 1450. The predicted molar refractivity (Wildman–Crippen MR) is 154 cm³/mol. The Hall–Kier alpha value is -4.27. The van der Waals surface area contributed by atoms with E-state index in [0.29, 0.717) is 30.3 Å². The van der Waals surface area contributed by atoms with Crippen LogP contribution in [0.15, 0.2) is 60.8 Å². The van der Waals surface area contributed by atoms with Crippen LogP contribution in [0.25, 0.3) is 11.0 Å². The van der Waals surface area contributed by atoms with Gasteiger partial charge in [0.25, 0.3) is 5.91 Å². The van der Waals surface area contributed by atoms with Crippen LogP contribution in [0.5, 0.6) is 0 Å². The van der Waals surface area contributed by atoms with Crippen molar-refractivity contribution in [1.29, 1.82) is 0 Å². The molecule has 1 aromatic heterocycles. The highest BCUT2D eigenvalue weighted by Crippen LogP contribution is 2.26. The summed E-state index contributed by atoms with van der Waals surface area (Å²) >= 11 is 0. The lowest BCUT2D eigenvalue weighted by molar-refractivity contribution is -0.141. The Morgan fingerprint density at radius 1 is 0.976 bits per heavy atom. The lowest BCUT2D eigenvalue weighted by Crippen LogP contribution is -2.53. The molecule has 1 saturated carbocycles. The van der Waals surface area contributed by atoms with Crippen molar-refractivity contribution in [2.24, 2.45) is 11.8 Å². The number of nitrogens with zero attached hydrogens (tertiary/aromatic N) is 2. The molecule has 1 heterocycles. The number of hydrogen-bond donors (Lipinski definition) is 2. The fraction of sp³-hybridized carbons (Fsp3) is 0.406. The molecular formula is C32H36N4O5. The van der Waals surface area contributed by atoms with Crippen LogP contribution in [0.2, 0.25) is 0 Å². The summed E-state index contributed by atoms with van der Waals surface area (Å²) < 4.78 is 0. The molecule has 0 unspecified atom stereocenters. The lowest BCUT2D eigenvalue weighted by atomic mass is 9.90. The second-order valence-corrected chi connectivity index (χ2v) is 11.7. The molecule has 3 atom stereocenters. The molecule has 9 nitrogen and oxygen atoms in total. The van der Waals surface area contributed by atoms with Crippen molar-refractivity contribution >= 4 is 40.2 Å². The number of amides is 2. The number of hydrogen-bond acceptors (Lipinski definition) is 7. The summed E-state index contributed by atoms with van der Waals surface area (Å²) in [4.78, 5) is 74.3. The molecule has 9 heteroatoms. The van der Waals surface area contributed by atoms with Crippen molar-refractivity contribution in [3.8, 4) is 0 Å². The summed E-state index contributed by atoms with van der Waals surface area (Å²) in [7, 11) is 0. The molecule has 1 aliphatic carbocycles. The molecule has 1 fully saturated rings. The molecule has 0 radical (unpaired) electrons. The first kappa shape index (κ1) is 29.7. The van der Waals surface area contributed by atoms with Crippen LogP contribution < -0.4 is 10.6 Å². The molecule has 0 spiro atoms. The lowest BCUT2D eigenvalue weighted by Gasteiger charge is -2.25. The van der Waals surface area contributed by atoms with Crippen LogP contribution in [-0.2, 0) is 25.6 Å². The third-order valence-corrected chi connectivity index (χ3v) is 7.16. The van der Waals surface area contributed by atoms with Crippen molar-refractivity contribution in [2.75, 3.05) is 0 Å². The van der Waals surface area contributed by atoms with Gasteiger partial charge >= 0.3 is 0 Å². The van der Waals surface area contributed by atoms with Crippen molar-refractivity contribution in [2.45, 2.75) is 70.9 Å². The molecular weight excluding hydrogens is 520 g/mol. The fourth-order valence-corrected chi connectivity index (χ4v) is 5.08. The fourth-order valence-electron chi connectivity index (χ4n) is 5.08. The maximum Gasteiger partial charge on any atom is 0.290 e. The molecule has 2 amide bonds. The number of aromatic nitrogens is 2. The largest absolute Gasteiger partial charge is 0.345 e. The van der Waals surface area contributed by atoms with Gasteiger partial charge in [-0.2, -0.15) is 0 Å². The molecule has 0 saturated heterocycles. The Morgan fingerprint density at radius 3 is 2.32 bits per heavy atom. The van der Waals surface area contributed by atoms with Gasteiger partial charge in [0, 0.05) is 30.2 Å². The zero-order chi connectivity index (χ0) is 29.6.